The Kier molecular flexibility index (Phi) is 6.48. The van der Waals surface area contributed by atoms with Crippen LogP contribution in [0.3, 0.4) is 0 Å². The summed E-state index contributed by atoms with van der Waals surface area (Å²) in [6, 6.07) is 7.59. The topological polar surface area (TPSA) is 108 Å². The Morgan fingerprint density at radius 3 is 2.33 bits per heavy atom. The number of thioether (sulfide) groups is 1. The van der Waals surface area contributed by atoms with Crippen LogP contribution in [0.15, 0.2) is 41.3 Å². The predicted molar refractivity (Wildman–Crippen MR) is 106 cm³/mol. The Bertz CT molecular complexity index is 1020. The van der Waals surface area contributed by atoms with Crippen LogP contribution in [-0.2, 0) is 20.7 Å². The zero-order valence-corrected chi connectivity index (χ0v) is 16.4. The second-order valence-corrected chi connectivity index (χ2v) is 7.25. The standard InChI is InChI=1S/C20H16F2N2O5S/c1-28-19(26)16(23)6-10-2-4-11(5-3-10)29-12-7-14(21)13(15(22)8-12)9-17-18(25)24-20(27)30-17/h2-5,7-9,16H,6,23H2,1H3,(H,24,25,27)/b17-9+. The maximum Gasteiger partial charge on any atom is 0.322 e. The van der Waals surface area contributed by atoms with Crippen molar-refractivity contribution in [3.05, 3.63) is 64.1 Å². The zero-order valence-electron chi connectivity index (χ0n) is 15.6. The number of carbonyl (C=O) groups is 3. The number of benzene rings is 2. The van der Waals surface area contributed by atoms with E-state index in [0.717, 1.165) is 23.8 Å². The van der Waals surface area contributed by atoms with Crippen LogP contribution < -0.4 is 15.8 Å². The maximum absolute atomic E-state index is 14.4. The first-order valence-electron chi connectivity index (χ1n) is 8.61. The van der Waals surface area contributed by atoms with Crippen molar-refractivity contribution in [1.82, 2.24) is 5.32 Å². The van der Waals surface area contributed by atoms with Crippen molar-refractivity contribution in [2.75, 3.05) is 7.11 Å². The van der Waals surface area contributed by atoms with Gasteiger partial charge in [-0.3, -0.25) is 19.7 Å². The Morgan fingerprint density at radius 2 is 1.80 bits per heavy atom. The molecule has 1 aliphatic heterocycles. The second kappa shape index (κ2) is 9.06. The molecular weight excluding hydrogens is 418 g/mol. The Labute approximate surface area is 174 Å². The van der Waals surface area contributed by atoms with E-state index in [1.54, 1.807) is 24.3 Å². The van der Waals surface area contributed by atoms with Crippen molar-refractivity contribution in [1.29, 1.82) is 0 Å². The third-order valence-electron chi connectivity index (χ3n) is 4.09. The van der Waals surface area contributed by atoms with Gasteiger partial charge in [0.25, 0.3) is 11.1 Å². The van der Waals surface area contributed by atoms with E-state index < -0.39 is 40.4 Å². The third kappa shape index (κ3) is 5.02. The minimum Gasteiger partial charge on any atom is -0.468 e. The average molecular weight is 434 g/mol. The van der Waals surface area contributed by atoms with E-state index in [4.69, 9.17) is 10.5 Å². The molecule has 0 aliphatic carbocycles. The molecule has 3 rings (SSSR count). The molecule has 3 N–H and O–H groups in total. The first-order chi connectivity index (χ1) is 14.3. The Morgan fingerprint density at radius 1 is 1.17 bits per heavy atom. The number of hydrogen-bond acceptors (Lipinski definition) is 7. The molecule has 1 atom stereocenters. The van der Waals surface area contributed by atoms with Crippen molar-refractivity contribution in [3.8, 4) is 11.5 Å². The van der Waals surface area contributed by atoms with Crippen LogP contribution >= 0.6 is 11.8 Å². The summed E-state index contributed by atoms with van der Waals surface area (Å²) >= 11 is 0.560. The number of rotatable bonds is 6. The minimum absolute atomic E-state index is 0.0919. The van der Waals surface area contributed by atoms with Crippen LogP contribution in [-0.4, -0.2) is 30.3 Å². The van der Waals surface area contributed by atoms with Gasteiger partial charge in [-0.2, -0.15) is 0 Å². The second-order valence-electron chi connectivity index (χ2n) is 6.23. The fourth-order valence-electron chi connectivity index (χ4n) is 2.63. The fourth-order valence-corrected chi connectivity index (χ4v) is 3.29. The molecule has 2 aromatic carbocycles. The van der Waals surface area contributed by atoms with Crippen LogP contribution in [0.4, 0.5) is 13.6 Å². The molecule has 1 fully saturated rings. The number of imide groups is 1. The van der Waals surface area contributed by atoms with Gasteiger partial charge in [0.15, 0.2) is 0 Å². The first kappa shape index (κ1) is 21.5. The van der Waals surface area contributed by atoms with Gasteiger partial charge < -0.3 is 15.2 Å². The third-order valence-corrected chi connectivity index (χ3v) is 4.90. The highest BCUT2D eigenvalue weighted by molar-refractivity contribution is 8.18. The number of methoxy groups -OCH3 is 1. The van der Waals surface area contributed by atoms with E-state index in [0.29, 0.717) is 17.5 Å². The monoisotopic (exact) mass is 434 g/mol. The highest BCUT2D eigenvalue weighted by Crippen LogP contribution is 2.30. The lowest BCUT2D eigenvalue weighted by Gasteiger charge is -2.11. The SMILES string of the molecule is COC(=O)C(N)Cc1ccc(Oc2cc(F)c(/C=C3/SC(=O)NC3=O)c(F)c2)cc1. The van der Waals surface area contributed by atoms with Gasteiger partial charge in [-0.05, 0) is 42.0 Å². The van der Waals surface area contributed by atoms with Crippen LogP contribution in [0.5, 0.6) is 11.5 Å². The number of carbonyl (C=O) groups excluding carboxylic acids is 3. The van der Waals surface area contributed by atoms with Gasteiger partial charge in [0, 0.05) is 17.7 Å². The summed E-state index contributed by atoms with van der Waals surface area (Å²) in [6.07, 6.45) is 1.23. The molecule has 0 spiro atoms. The number of amides is 2. The number of nitrogens with one attached hydrogen (secondary N) is 1. The summed E-state index contributed by atoms with van der Waals surface area (Å²) in [5.41, 5.74) is 6.00. The smallest absolute Gasteiger partial charge is 0.322 e. The molecule has 1 saturated heterocycles. The van der Waals surface area contributed by atoms with Crippen LogP contribution in [0.1, 0.15) is 11.1 Å². The quantitative estimate of drug-likeness (QED) is 0.531. The highest BCUT2D eigenvalue weighted by Gasteiger charge is 2.26. The van der Waals surface area contributed by atoms with Crippen molar-refractivity contribution < 1.29 is 32.6 Å². The lowest BCUT2D eigenvalue weighted by Crippen LogP contribution is -2.33. The number of hydrogen-bond donors (Lipinski definition) is 2. The normalized spacial score (nSPS) is 15.8. The molecule has 30 heavy (non-hydrogen) atoms. The highest BCUT2D eigenvalue weighted by atomic mass is 32.2. The molecule has 0 saturated carbocycles. The van der Waals surface area contributed by atoms with Crippen LogP contribution in [0.25, 0.3) is 6.08 Å². The molecule has 7 nitrogen and oxygen atoms in total. The molecule has 1 heterocycles. The lowest BCUT2D eigenvalue weighted by atomic mass is 10.1. The summed E-state index contributed by atoms with van der Waals surface area (Å²) in [5, 5.41) is 1.40. The molecule has 0 aromatic heterocycles. The molecular formula is C20H16F2N2O5S. The molecule has 0 bridgehead atoms. The summed E-state index contributed by atoms with van der Waals surface area (Å²) < 4.78 is 38.8. The average Bonchev–Trinajstić information content (AvgIpc) is 3.02. The Hall–Kier alpha value is -3.24. The van der Waals surface area contributed by atoms with E-state index in [2.05, 4.69) is 4.74 Å². The van der Waals surface area contributed by atoms with Gasteiger partial charge in [-0.25, -0.2) is 8.78 Å². The molecule has 1 aliphatic rings. The van der Waals surface area contributed by atoms with Crippen LogP contribution in [0.2, 0.25) is 0 Å². The van der Waals surface area contributed by atoms with Gasteiger partial charge in [0.05, 0.1) is 12.0 Å². The van der Waals surface area contributed by atoms with Gasteiger partial charge in [-0.1, -0.05) is 12.1 Å². The lowest BCUT2D eigenvalue weighted by molar-refractivity contribution is -0.142. The molecule has 10 heteroatoms. The number of ether oxygens (including phenoxy) is 2. The summed E-state index contributed by atoms with van der Waals surface area (Å²) in [5.74, 6) is -2.93. The van der Waals surface area contributed by atoms with Gasteiger partial charge in [0.2, 0.25) is 0 Å². The van der Waals surface area contributed by atoms with Crippen molar-refractivity contribution in [2.45, 2.75) is 12.5 Å². The minimum atomic E-state index is -0.953. The number of nitrogens with two attached hydrogens (primary N) is 1. The van der Waals surface area contributed by atoms with Gasteiger partial charge in [0.1, 0.15) is 29.2 Å². The van der Waals surface area contributed by atoms with Crippen LogP contribution in [0, 0.1) is 11.6 Å². The van der Waals surface area contributed by atoms with E-state index in [-0.39, 0.29) is 17.1 Å². The van der Waals surface area contributed by atoms with Gasteiger partial charge in [-0.15, -0.1) is 0 Å². The van der Waals surface area contributed by atoms with Gasteiger partial charge >= 0.3 is 5.97 Å². The van der Waals surface area contributed by atoms with Crippen molar-refractivity contribution in [3.63, 3.8) is 0 Å². The maximum atomic E-state index is 14.4. The van der Waals surface area contributed by atoms with Crippen molar-refractivity contribution in [2.24, 2.45) is 5.73 Å². The van der Waals surface area contributed by atoms with Crippen molar-refractivity contribution >= 4 is 35.0 Å². The molecule has 2 amide bonds. The summed E-state index contributed by atoms with van der Waals surface area (Å²) in [6.45, 7) is 0. The Balaban J connectivity index is 1.73. The molecule has 2 aromatic rings. The zero-order chi connectivity index (χ0) is 21.8. The van der Waals surface area contributed by atoms with E-state index in [1.807, 2.05) is 5.32 Å². The molecule has 156 valence electrons. The van der Waals surface area contributed by atoms with E-state index >= 15 is 0 Å². The number of esters is 1. The summed E-state index contributed by atoms with van der Waals surface area (Å²) in [7, 11) is 1.25. The fraction of sp³-hybridized carbons (Fsp3) is 0.150. The largest absolute Gasteiger partial charge is 0.468 e. The first-order valence-corrected chi connectivity index (χ1v) is 9.42. The summed E-state index contributed by atoms with van der Waals surface area (Å²) in [4.78, 5) is 34.0. The van der Waals surface area contributed by atoms with E-state index in [9.17, 15) is 23.2 Å². The van der Waals surface area contributed by atoms with E-state index in [1.165, 1.54) is 7.11 Å². The number of halogens is 2. The molecule has 1 unspecified atom stereocenters. The molecule has 0 radical (unpaired) electrons. The predicted octanol–water partition coefficient (Wildman–Crippen LogP) is 3.12.